The molecule has 0 spiro atoms. The summed E-state index contributed by atoms with van der Waals surface area (Å²) < 4.78 is 0. The van der Waals surface area contributed by atoms with E-state index in [9.17, 15) is 4.79 Å². The van der Waals surface area contributed by atoms with Crippen molar-refractivity contribution in [3.63, 3.8) is 0 Å². The number of hydrogen-bond acceptors (Lipinski definition) is 3. The van der Waals surface area contributed by atoms with Crippen LogP contribution in [-0.2, 0) is 4.79 Å². The first-order valence-corrected chi connectivity index (χ1v) is 2.43. The molecule has 0 bridgehead atoms. The van der Waals surface area contributed by atoms with E-state index in [0.717, 1.165) is 0 Å². The standard InChI is InChI=1S/C4H7ClO3/c5-4(1-6,2-7)3-8/h1,7-8H,2-3H2. The smallest absolute Gasteiger partial charge is 0.145 e. The highest BCUT2D eigenvalue weighted by Crippen LogP contribution is 2.07. The van der Waals surface area contributed by atoms with E-state index in [2.05, 4.69) is 0 Å². The summed E-state index contributed by atoms with van der Waals surface area (Å²) in [7, 11) is 0. The first-order chi connectivity index (χ1) is 3.68. The van der Waals surface area contributed by atoms with Crippen molar-refractivity contribution in [1.82, 2.24) is 0 Å². The lowest BCUT2D eigenvalue weighted by Crippen LogP contribution is -2.32. The Bertz CT molecular complexity index is 79.4. The molecule has 0 unspecified atom stereocenters. The lowest BCUT2D eigenvalue weighted by atomic mass is 10.2. The molecule has 4 heteroatoms. The van der Waals surface area contributed by atoms with E-state index in [4.69, 9.17) is 21.8 Å². The van der Waals surface area contributed by atoms with Crippen LogP contribution in [0.4, 0.5) is 0 Å². The van der Waals surface area contributed by atoms with Crippen LogP contribution in [0, 0.1) is 0 Å². The lowest BCUT2D eigenvalue weighted by molar-refractivity contribution is -0.111. The van der Waals surface area contributed by atoms with Crippen LogP contribution in [0.1, 0.15) is 0 Å². The molecule has 0 aromatic carbocycles. The fourth-order valence-corrected chi connectivity index (χ4v) is 0.125. The molecule has 0 aliphatic heterocycles. The van der Waals surface area contributed by atoms with Crippen molar-refractivity contribution in [2.75, 3.05) is 13.2 Å². The number of carbonyl (C=O) groups excluding carboxylic acids is 1. The Kier molecular flexibility index (Phi) is 2.97. The van der Waals surface area contributed by atoms with Crippen molar-refractivity contribution in [3.8, 4) is 0 Å². The molecule has 0 radical (unpaired) electrons. The average molecular weight is 139 g/mol. The fourth-order valence-electron chi connectivity index (χ4n) is 0.125. The second-order valence-corrected chi connectivity index (χ2v) is 2.22. The molecule has 0 aliphatic rings. The van der Waals surface area contributed by atoms with Gasteiger partial charge in [-0.2, -0.15) is 0 Å². The van der Waals surface area contributed by atoms with E-state index < -0.39 is 18.1 Å². The molecule has 0 fully saturated rings. The second kappa shape index (κ2) is 3.02. The average Bonchev–Trinajstić information content (AvgIpc) is 1.87. The summed E-state index contributed by atoms with van der Waals surface area (Å²) in [4.78, 5) is 8.36. The third-order valence-electron chi connectivity index (χ3n) is 0.737. The fraction of sp³-hybridized carbons (Fsp3) is 0.750. The predicted octanol–water partition coefficient (Wildman–Crippen LogP) is -0.853. The molecule has 0 saturated heterocycles. The van der Waals surface area contributed by atoms with Crippen LogP contribution in [0.15, 0.2) is 0 Å². The van der Waals surface area contributed by atoms with E-state index in [1.54, 1.807) is 0 Å². The molecule has 3 nitrogen and oxygen atoms in total. The number of rotatable bonds is 3. The Hall–Kier alpha value is -0.120. The number of halogens is 1. The molecule has 0 rings (SSSR count). The Labute approximate surface area is 51.9 Å². The highest BCUT2D eigenvalue weighted by Gasteiger charge is 2.23. The summed E-state index contributed by atoms with van der Waals surface area (Å²) in [6.45, 7) is -1.07. The minimum absolute atomic E-state index is 0.314. The molecular formula is C4H7ClO3. The maximum Gasteiger partial charge on any atom is 0.145 e. The number of aldehydes is 1. The summed E-state index contributed by atoms with van der Waals surface area (Å²) in [5.74, 6) is 0. The van der Waals surface area contributed by atoms with E-state index >= 15 is 0 Å². The molecule has 0 heterocycles. The van der Waals surface area contributed by atoms with E-state index in [1.165, 1.54) is 0 Å². The highest BCUT2D eigenvalue weighted by atomic mass is 35.5. The Morgan fingerprint density at radius 1 is 1.50 bits per heavy atom. The molecule has 48 valence electrons. The van der Waals surface area contributed by atoms with Gasteiger partial charge in [0, 0.05) is 0 Å². The molecule has 0 saturated carbocycles. The molecule has 0 atom stereocenters. The van der Waals surface area contributed by atoms with Gasteiger partial charge in [0.05, 0.1) is 13.2 Å². The summed E-state index contributed by atoms with van der Waals surface area (Å²) in [5.41, 5.74) is 0. The second-order valence-electron chi connectivity index (χ2n) is 1.47. The summed E-state index contributed by atoms with van der Waals surface area (Å²) >= 11 is 5.22. The molecule has 0 amide bonds. The van der Waals surface area contributed by atoms with Crippen LogP contribution in [0.2, 0.25) is 0 Å². The van der Waals surface area contributed by atoms with Gasteiger partial charge in [-0.25, -0.2) is 0 Å². The van der Waals surface area contributed by atoms with Crippen LogP contribution in [-0.4, -0.2) is 34.6 Å². The van der Waals surface area contributed by atoms with E-state index in [1.807, 2.05) is 0 Å². The topological polar surface area (TPSA) is 57.5 Å². The molecule has 0 aliphatic carbocycles. The normalized spacial score (nSPS) is 11.4. The maximum absolute atomic E-state index is 9.84. The zero-order valence-corrected chi connectivity index (χ0v) is 4.93. The van der Waals surface area contributed by atoms with Crippen LogP contribution in [0.3, 0.4) is 0 Å². The number of carbonyl (C=O) groups is 1. The van der Waals surface area contributed by atoms with Gasteiger partial charge in [-0.15, -0.1) is 11.6 Å². The van der Waals surface area contributed by atoms with Gasteiger partial charge in [0.2, 0.25) is 0 Å². The largest absolute Gasteiger partial charge is 0.394 e. The maximum atomic E-state index is 9.84. The van der Waals surface area contributed by atoms with Crippen molar-refractivity contribution < 1.29 is 15.0 Å². The Morgan fingerprint density at radius 2 is 1.88 bits per heavy atom. The molecule has 0 aromatic rings. The van der Waals surface area contributed by atoms with Crippen molar-refractivity contribution in [3.05, 3.63) is 0 Å². The van der Waals surface area contributed by atoms with Gasteiger partial charge in [-0.1, -0.05) is 0 Å². The van der Waals surface area contributed by atoms with Gasteiger partial charge < -0.3 is 15.0 Å². The summed E-state index contributed by atoms with van der Waals surface area (Å²) in [6, 6.07) is 0. The van der Waals surface area contributed by atoms with Crippen molar-refractivity contribution in [2.45, 2.75) is 4.87 Å². The number of aliphatic hydroxyl groups excluding tert-OH is 2. The summed E-state index contributed by atoms with van der Waals surface area (Å²) in [6.07, 6.45) is 0.314. The Balaban J connectivity index is 3.76. The van der Waals surface area contributed by atoms with Crippen LogP contribution < -0.4 is 0 Å². The molecule has 2 N–H and O–H groups in total. The van der Waals surface area contributed by atoms with Crippen LogP contribution in [0.25, 0.3) is 0 Å². The first kappa shape index (κ1) is 7.88. The SMILES string of the molecule is O=CC(Cl)(CO)CO. The number of aliphatic hydroxyl groups is 2. The molecule has 8 heavy (non-hydrogen) atoms. The third-order valence-corrected chi connectivity index (χ3v) is 1.07. The van der Waals surface area contributed by atoms with Crippen LogP contribution in [0.5, 0.6) is 0 Å². The monoisotopic (exact) mass is 138 g/mol. The van der Waals surface area contributed by atoms with E-state index in [-0.39, 0.29) is 0 Å². The van der Waals surface area contributed by atoms with Gasteiger partial charge >= 0.3 is 0 Å². The zero-order valence-electron chi connectivity index (χ0n) is 4.17. The van der Waals surface area contributed by atoms with Gasteiger partial charge in [0.15, 0.2) is 0 Å². The van der Waals surface area contributed by atoms with Gasteiger partial charge in [-0.05, 0) is 0 Å². The van der Waals surface area contributed by atoms with Gasteiger partial charge in [0.25, 0.3) is 0 Å². The number of hydrogen-bond donors (Lipinski definition) is 2. The first-order valence-electron chi connectivity index (χ1n) is 2.05. The highest BCUT2D eigenvalue weighted by molar-refractivity contribution is 6.31. The van der Waals surface area contributed by atoms with E-state index in [0.29, 0.717) is 6.29 Å². The zero-order chi connectivity index (χ0) is 6.62. The number of alkyl halides is 1. The van der Waals surface area contributed by atoms with Crippen molar-refractivity contribution >= 4 is 17.9 Å². The minimum atomic E-state index is -1.47. The predicted molar refractivity (Wildman–Crippen MR) is 28.8 cm³/mol. The van der Waals surface area contributed by atoms with Crippen molar-refractivity contribution in [2.24, 2.45) is 0 Å². The van der Waals surface area contributed by atoms with Crippen molar-refractivity contribution in [1.29, 1.82) is 0 Å². The van der Waals surface area contributed by atoms with Crippen LogP contribution >= 0.6 is 11.6 Å². The van der Waals surface area contributed by atoms with Gasteiger partial charge in [0.1, 0.15) is 11.2 Å². The molecule has 0 aromatic heterocycles. The summed E-state index contributed by atoms with van der Waals surface area (Å²) in [5, 5.41) is 16.5. The minimum Gasteiger partial charge on any atom is -0.394 e. The quantitative estimate of drug-likeness (QED) is 0.395. The molecular weight excluding hydrogens is 131 g/mol. The lowest BCUT2D eigenvalue weighted by Gasteiger charge is -2.11. The third kappa shape index (κ3) is 1.78. The van der Waals surface area contributed by atoms with Gasteiger partial charge in [-0.3, -0.25) is 0 Å². The Morgan fingerprint density at radius 3 is 1.88 bits per heavy atom.